The molecule has 1 saturated heterocycles. The second-order valence-electron chi connectivity index (χ2n) is 7.32. The Balaban J connectivity index is 1.46. The average molecular weight is 402 g/mol. The molecule has 2 aromatic rings. The molecule has 1 aromatic heterocycles. The first kappa shape index (κ1) is 21.1. The number of ether oxygens (including phenoxy) is 2. The Kier molecular flexibility index (Phi) is 7.11. The normalized spacial score (nSPS) is 16.4. The number of aryl methyl sites for hydroxylation is 1. The highest BCUT2D eigenvalue weighted by Crippen LogP contribution is 2.27. The Bertz CT molecular complexity index is 815. The standard InChI is InChI=1S/C21H30N4O4/c1-15-11-18(23-29-15)14-24-7-9-25(10-8-24)16(2)21(26)22-13-17-5-6-19(27-3)20(12-17)28-4/h5-6,11-12,16H,7-10,13-14H2,1-4H3,(H,22,26). The SMILES string of the molecule is COc1ccc(CNC(=O)C(C)N2CCN(Cc3cc(C)on3)CC2)cc1OC. The van der Waals surface area contributed by atoms with Crippen molar-refractivity contribution in [2.75, 3.05) is 40.4 Å². The van der Waals surface area contributed by atoms with Gasteiger partial charge in [0.15, 0.2) is 11.5 Å². The Hall–Kier alpha value is -2.58. The molecule has 8 nitrogen and oxygen atoms in total. The summed E-state index contributed by atoms with van der Waals surface area (Å²) in [5, 5.41) is 7.08. The monoisotopic (exact) mass is 402 g/mol. The van der Waals surface area contributed by atoms with Crippen LogP contribution in [0.4, 0.5) is 0 Å². The van der Waals surface area contributed by atoms with E-state index in [0.29, 0.717) is 18.0 Å². The molecule has 3 rings (SSSR count). The largest absolute Gasteiger partial charge is 0.493 e. The third-order valence-corrected chi connectivity index (χ3v) is 5.31. The Labute approximate surface area is 171 Å². The van der Waals surface area contributed by atoms with Gasteiger partial charge in [-0.25, -0.2) is 0 Å². The van der Waals surface area contributed by atoms with Gasteiger partial charge in [-0.3, -0.25) is 14.6 Å². The van der Waals surface area contributed by atoms with Crippen LogP contribution in [0.25, 0.3) is 0 Å². The molecule has 1 aromatic carbocycles. The number of amides is 1. The van der Waals surface area contributed by atoms with Gasteiger partial charge in [-0.1, -0.05) is 11.2 Å². The van der Waals surface area contributed by atoms with Crippen molar-refractivity contribution in [1.29, 1.82) is 0 Å². The van der Waals surface area contributed by atoms with Crippen LogP contribution in [0.1, 0.15) is 23.9 Å². The summed E-state index contributed by atoms with van der Waals surface area (Å²) in [6.45, 7) is 8.60. The maximum atomic E-state index is 12.6. The lowest BCUT2D eigenvalue weighted by Crippen LogP contribution is -2.53. The molecule has 29 heavy (non-hydrogen) atoms. The third kappa shape index (κ3) is 5.48. The number of carbonyl (C=O) groups excluding carboxylic acids is 1. The maximum Gasteiger partial charge on any atom is 0.237 e. The van der Waals surface area contributed by atoms with Gasteiger partial charge in [-0.2, -0.15) is 0 Å². The lowest BCUT2D eigenvalue weighted by molar-refractivity contribution is -0.126. The number of methoxy groups -OCH3 is 2. The van der Waals surface area contributed by atoms with Crippen LogP contribution in [0.5, 0.6) is 11.5 Å². The third-order valence-electron chi connectivity index (χ3n) is 5.31. The number of benzene rings is 1. The lowest BCUT2D eigenvalue weighted by Gasteiger charge is -2.37. The van der Waals surface area contributed by atoms with E-state index in [9.17, 15) is 4.79 Å². The van der Waals surface area contributed by atoms with Crippen molar-refractivity contribution in [2.24, 2.45) is 0 Å². The zero-order valence-corrected chi connectivity index (χ0v) is 17.6. The fraction of sp³-hybridized carbons (Fsp3) is 0.524. The second kappa shape index (κ2) is 9.76. The molecule has 0 bridgehead atoms. The van der Waals surface area contributed by atoms with Crippen LogP contribution in [-0.4, -0.2) is 67.3 Å². The smallest absolute Gasteiger partial charge is 0.237 e. The second-order valence-corrected chi connectivity index (χ2v) is 7.32. The van der Waals surface area contributed by atoms with Crippen molar-refractivity contribution in [3.63, 3.8) is 0 Å². The molecule has 0 spiro atoms. The molecule has 0 saturated carbocycles. The zero-order chi connectivity index (χ0) is 20.8. The summed E-state index contributed by atoms with van der Waals surface area (Å²) in [5.41, 5.74) is 1.92. The highest BCUT2D eigenvalue weighted by molar-refractivity contribution is 5.81. The van der Waals surface area contributed by atoms with Gasteiger partial charge in [0.25, 0.3) is 0 Å². The number of hydrogen-bond acceptors (Lipinski definition) is 7. The number of carbonyl (C=O) groups is 1. The topological polar surface area (TPSA) is 80.1 Å². The fourth-order valence-electron chi connectivity index (χ4n) is 3.52. The van der Waals surface area contributed by atoms with Crippen LogP contribution in [-0.2, 0) is 17.9 Å². The van der Waals surface area contributed by atoms with E-state index in [-0.39, 0.29) is 11.9 Å². The van der Waals surface area contributed by atoms with Crippen molar-refractivity contribution in [1.82, 2.24) is 20.3 Å². The van der Waals surface area contributed by atoms with Crippen molar-refractivity contribution >= 4 is 5.91 Å². The Morgan fingerprint density at radius 1 is 1.17 bits per heavy atom. The van der Waals surface area contributed by atoms with E-state index < -0.39 is 0 Å². The first-order valence-corrected chi connectivity index (χ1v) is 9.87. The maximum absolute atomic E-state index is 12.6. The summed E-state index contributed by atoms with van der Waals surface area (Å²) in [7, 11) is 3.21. The molecule has 0 aliphatic carbocycles. The van der Waals surface area contributed by atoms with Gasteiger partial charge in [-0.05, 0) is 31.5 Å². The highest BCUT2D eigenvalue weighted by atomic mass is 16.5. The van der Waals surface area contributed by atoms with Gasteiger partial charge in [0.2, 0.25) is 5.91 Å². The minimum absolute atomic E-state index is 0.0281. The van der Waals surface area contributed by atoms with E-state index in [4.69, 9.17) is 14.0 Å². The summed E-state index contributed by atoms with van der Waals surface area (Å²) >= 11 is 0. The lowest BCUT2D eigenvalue weighted by atomic mass is 10.1. The van der Waals surface area contributed by atoms with Crippen LogP contribution < -0.4 is 14.8 Å². The molecule has 1 unspecified atom stereocenters. The van der Waals surface area contributed by atoms with E-state index in [2.05, 4.69) is 20.3 Å². The van der Waals surface area contributed by atoms with Gasteiger partial charge in [0.1, 0.15) is 5.76 Å². The van der Waals surface area contributed by atoms with Gasteiger partial charge in [0.05, 0.1) is 26.0 Å². The van der Waals surface area contributed by atoms with Gasteiger partial charge >= 0.3 is 0 Å². The fourth-order valence-corrected chi connectivity index (χ4v) is 3.52. The van der Waals surface area contributed by atoms with Gasteiger partial charge in [0, 0.05) is 45.3 Å². The number of piperazine rings is 1. The van der Waals surface area contributed by atoms with Crippen LogP contribution in [0.3, 0.4) is 0 Å². The highest BCUT2D eigenvalue weighted by Gasteiger charge is 2.25. The van der Waals surface area contributed by atoms with Crippen molar-refractivity contribution in [3.05, 3.63) is 41.3 Å². The van der Waals surface area contributed by atoms with E-state index in [1.54, 1.807) is 14.2 Å². The summed E-state index contributed by atoms with van der Waals surface area (Å²) in [6, 6.07) is 7.45. The van der Waals surface area contributed by atoms with Gasteiger partial charge in [-0.15, -0.1) is 0 Å². The minimum atomic E-state index is -0.174. The van der Waals surface area contributed by atoms with E-state index in [1.165, 1.54) is 0 Å². The summed E-state index contributed by atoms with van der Waals surface area (Å²) < 4.78 is 15.7. The quantitative estimate of drug-likeness (QED) is 0.721. The molecule has 2 heterocycles. The molecule has 1 fully saturated rings. The predicted molar refractivity (Wildman–Crippen MR) is 109 cm³/mol. The first-order valence-electron chi connectivity index (χ1n) is 9.87. The van der Waals surface area contributed by atoms with Gasteiger partial charge < -0.3 is 19.3 Å². The van der Waals surface area contributed by atoms with Crippen LogP contribution in [0.2, 0.25) is 0 Å². The molecule has 0 radical (unpaired) electrons. The van der Waals surface area contributed by atoms with Crippen molar-refractivity contribution in [3.8, 4) is 11.5 Å². The minimum Gasteiger partial charge on any atom is -0.493 e. The summed E-state index contributed by atoms with van der Waals surface area (Å²) in [4.78, 5) is 17.2. The van der Waals surface area contributed by atoms with E-state index in [1.807, 2.05) is 38.1 Å². The number of hydrogen-bond donors (Lipinski definition) is 1. The first-order chi connectivity index (χ1) is 14.0. The molecule has 158 valence electrons. The molecular weight excluding hydrogens is 372 g/mol. The van der Waals surface area contributed by atoms with Crippen molar-refractivity contribution < 1.29 is 18.8 Å². The molecule has 1 N–H and O–H groups in total. The van der Waals surface area contributed by atoms with Crippen molar-refractivity contribution in [2.45, 2.75) is 33.0 Å². The number of rotatable bonds is 8. The summed E-state index contributed by atoms with van der Waals surface area (Å²) in [5.74, 6) is 2.19. The molecular formula is C21H30N4O4. The molecule has 1 atom stereocenters. The average Bonchev–Trinajstić information content (AvgIpc) is 3.16. The zero-order valence-electron chi connectivity index (χ0n) is 17.6. The molecule has 1 aliphatic heterocycles. The Morgan fingerprint density at radius 3 is 2.52 bits per heavy atom. The van der Waals surface area contributed by atoms with E-state index >= 15 is 0 Å². The molecule has 1 aliphatic rings. The molecule has 1 amide bonds. The van der Waals surface area contributed by atoms with Crippen LogP contribution in [0, 0.1) is 6.92 Å². The summed E-state index contributed by atoms with van der Waals surface area (Å²) in [6.07, 6.45) is 0. The number of nitrogens with one attached hydrogen (secondary N) is 1. The van der Waals surface area contributed by atoms with E-state index in [0.717, 1.165) is 49.7 Å². The predicted octanol–water partition coefficient (Wildman–Crippen LogP) is 1.82. The van der Waals surface area contributed by atoms with Crippen LogP contribution >= 0.6 is 0 Å². The molecule has 8 heteroatoms. The Morgan fingerprint density at radius 2 is 1.90 bits per heavy atom. The number of nitrogens with zero attached hydrogens (tertiary/aromatic N) is 3. The van der Waals surface area contributed by atoms with Crippen LogP contribution in [0.15, 0.2) is 28.8 Å². The number of aromatic nitrogens is 1.